The van der Waals surface area contributed by atoms with Gasteiger partial charge in [0.1, 0.15) is 0 Å². The zero-order valence-electron chi connectivity index (χ0n) is 13.7. The highest BCUT2D eigenvalue weighted by Crippen LogP contribution is 2.33. The summed E-state index contributed by atoms with van der Waals surface area (Å²) in [6.07, 6.45) is 1.96. The fourth-order valence-corrected chi connectivity index (χ4v) is 3.68. The largest absolute Gasteiger partial charge is 0.439 e. The number of anilines is 1. The Morgan fingerprint density at radius 3 is 2.96 bits per heavy atom. The molecule has 2 aromatic rings. The summed E-state index contributed by atoms with van der Waals surface area (Å²) in [5, 5.41) is 4.24. The fourth-order valence-electron chi connectivity index (χ4n) is 3.46. The number of likely N-dealkylation sites (N-methyl/N-ethyl adjacent to an activating group) is 1. The summed E-state index contributed by atoms with van der Waals surface area (Å²) in [7, 11) is 1.70. The van der Waals surface area contributed by atoms with Crippen LogP contribution in [0.3, 0.4) is 0 Å². The summed E-state index contributed by atoms with van der Waals surface area (Å²) >= 11 is 6.16. The molecule has 0 radical (unpaired) electrons. The lowest BCUT2D eigenvalue weighted by Gasteiger charge is -2.22. The number of carbonyl (C=O) groups excluding carboxylic acids is 2. The molecule has 2 fully saturated rings. The van der Waals surface area contributed by atoms with E-state index in [4.69, 9.17) is 16.3 Å². The van der Waals surface area contributed by atoms with Gasteiger partial charge in [0.2, 0.25) is 0 Å². The third kappa shape index (κ3) is 2.74. The number of ether oxygens (including phenoxy) is 1. The second-order valence-electron chi connectivity index (χ2n) is 6.50. The van der Waals surface area contributed by atoms with Crippen LogP contribution < -0.4 is 5.32 Å². The summed E-state index contributed by atoms with van der Waals surface area (Å²) in [4.78, 5) is 31.8. The molecule has 3 heterocycles. The van der Waals surface area contributed by atoms with Gasteiger partial charge in [0.25, 0.3) is 0 Å². The van der Waals surface area contributed by atoms with Crippen molar-refractivity contribution in [1.29, 1.82) is 0 Å². The van der Waals surface area contributed by atoms with Crippen molar-refractivity contribution in [2.24, 2.45) is 0 Å². The van der Waals surface area contributed by atoms with Gasteiger partial charge in [-0.3, -0.25) is 4.98 Å². The summed E-state index contributed by atoms with van der Waals surface area (Å²) in [6, 6.07) is 6.91. The maximum Gasteiger partial charge on any atom is 0.410 e. The standard InChI is InChI=1S/C17H17ClN4O3/c1-21-9-17(25-16(21)24)6-8-22(10-17)15(23)20-13-5-4-12(18)14-11(13)3-2-7-19-14/h2-5,7H,6,8-10H2,1H3,(H,20,23)/t17-/m0/s1. The third-order valence-corrected chi connectivity index (χ3v) is 5.01. The van der Waals surface area contributed by atoms with Crippen molar-refractivity contribution in [3.63, 3.8) is 0 Å². The first kappa shape index (κ1) is 16.0. The van der Waals surface area contributed by atoms with Crippen LogP contribution in [0.1, 0.15) is 6.42 Å². The summed E-state index contributed by atoms with van der Waals surface area (Å²) in [6.45, 7) is 1.43. The quantitative estimate of drug-likeness (QED) is 0.848. The first-order valence-electron chi connectivity index (χ1n) is 8.01. The average Bonchev–Trinajstić information content (AvgIpc) is 3.13. The van der Waals surface area contributed by atoms with Crippen LogP contribution in [0.2, 0.25) is 5.02 Å². The molecule has 1 aromatic carbocycles. The van der Waals surface area contributed by atoms with E-state index in [2.05, 4.69) is 10.3 Å². The van der Waals surface area contributed by atoms with Crippen LogP contribution in [0.25, 0.3) is 10.9 Å². The molecule has 4 rings (SSSR count). The molecule has 0 bridgehead atoms. The number of halogens is 1. The van der Waals surface area contributed by atoms with E-state index in [-0.39, 0.29) is 12.1 Å². The Labute approximate surface area is 149 Å². The summed E-state index contributed by atoms with van der Waals surface area (Å²) < 4.78 is 5.48. The van der Waals surface area contributed by atoms with Crippen LogP contribution in [0, 0.1) is 0 Å². The topological polar surface area (TPSA) is 74.8 Å². The number of pyridine rings is 1. The maximum absolute atomic E-state index is 12.7. The molecule has 2 saturated heterocycles. The Morgan fingerprint density at radius 1 is 1.36 bits per heavy atom. The van der Waals surface area contributed by atoms with Crippen LogP contribution in [-0.4, -0.2) is 59.2 Å². The number of nitrogens with zero attached hydrogens (tertiary/aromatic N) is 3. The number of nitrogens with one attached hydrogen (secondary N) is 1. The first-order valence-corrected chi connectivity index (χ1v) is 8.39. The number of rotatable bonds is 1. The number of aromatic nitrogens is 1. The highest BCUT2D eigenvalue weighted by molar-refractivity contribution is 6.35. The molecule has 2 aliphatic heterocycles. The van der Waals surface area contributed by atoms with E-state index < -0.39 is 5.60 Å². The molecular formula is C17H17ClN4O3. The van der Waals surface area contributed by atoms with Gasteiger partial charge >= 0.3 is 12.1 Å². The smallest absolute Gasteiger partial charge is 0.410 e. The van der Waals surface area contributed by atoms with Crippen LogP contribution >= 0.6 is 11.6 Å². The molecule has 2 aliphatic rings. The second kappa shape index (κ2) is 5.77. The number of urea groups is 1. The van der Waals surface area contributed by atoms with Crippen molar-refractivity contribution in [3.8, 4) is 0 Å². The van der Waals surface area contributed by atoms with Crippen molar-refractivity contribution in [1.82, 2.24) is 14.8 Å². The van der Waals surface area contributed by atoms with Crippen molar-refractivity contribution < 1.29 is 14.3 Å². The number of hydrogen-bond acceptors (Lipinski definition) is 4. The number of amides is 3. The molecule has 1 aromatic heterocycles. The minimum absolute atomic E-state index is 0.227. The van der Waals surface area contributed by atoms with Gasteiger partial charge < -0.3 is 19.9 Å². The Bertz CT molecular complexity index is 874. The molecule has 0 aliphatic carbocycles. The lowest BCUT2D eigenvalue weighted by atomic mass is 10.0. The van der Waals surface area contributed by atoms with Crippen molar-refractivity contribution in [3.05, 3.63) is 35.5 Å². The predicted molar refractivity (Wildman–Crippen MR) is 93.8 cm³/mol. The van der Waals surface area contributed by atoms with Gasteiger partial charge in [0.15, 0.2) is 5.60 Å². The molecule has 1 spiro atoms. The molecule has 0 unspecified atom stereocenters. The van der Waals surface area contributed by atoms with E-state index in [0.717, 1.165) is 5.39 Å². The van der Waals surface area contributed by atoms with Gasteiger partial charge in [0.05, 0.1) is 29.3 Å². The molecular weight excluding hydrogens is 344 g/mol. The van der Waals surface area contributed by atoms with E-state index in [9.17, 15) is 9.59 Å². The van der Waals surface area contributed by atoms with E-state index in [0.29, 0.717) is 42.3 Å². The molecule has 130 valence electrons. The van der Waals surface area contributed by atoms with E-state index in [1.165, 1.54) is 0 Å². The van der Waals surface area contributed by atoms with Gasteiger partial charge in [-0.2, -0.15) is 0 Å². The van der Waals surface area contributed by atoms with Crippen LogP contribution in [-0.2, 0) is 4.74 Å². The maximum atomic E-state index is 12.7. The summed E-state index contributed by atoms with van der Waals surface area (Å²) in [5.74, 6) is 0. The highest BCUT2D eigenvalue weighted by Gasteiger charge is 2.49. The monoisotopic (exact) mass is 360 g/mol. The lowest BCUT2D eigenvalue weighted by molar-refractivity contribution is 0.0663. The molecule has 8 heteroatoms. The van der Waals surface area contributed by atoms with Crippen molar-refractivity contribution in [2.45, 2.75) is 12.0 Å². The lowest BCUT2D eigenvalue weighted by Crippen LogP contribution is -2.40. The van der Waals surface area contributed by atoms with Crippen molar-refractivity contribution in [2.75, 3.05) is 32.0 Å². The summed E-state index contributed by atoms with van der Waals surface area (Å²) in [5.41, 5.74) is 0.706. The minimum Gasteiger partial charge on any atom is -0.439 e. The van der Waals surface area contributed by atoms with Crippen molar-refractivity contribution >= 4 is 40.3 Å². The minimum atomic E-state index is -0.590. The second-order valence-corrected chi connectivity index (χ2v) is 6.91. The molecule has 7 nitrogen and oxygen atoms in total. The van der Waals surface area contributed by atoms with E-state index in [1.54, 1.807) is 41.2 Å². The zero-order valence-corrected chi connectivity index (χ0v) is 14.4. The first-order chi connectivity index (χ1) is 12.0. The van der Waals surface area contributed by atoms with Gasteiger partial charge in [0, 0.05) is 31.6 Å². The molecule has 0 saturated carbocycles. The van der Waals surface area contributed by atoms with Gasteiger partial charge in [-0.05, 0) is 24.3 Å². The normalized spacial score (nSPS) is 22.7. The van der Waals surface area contributed by atoms with Crippen LogP contribution in [0.4, 0.5) is 15.3 Å². The van der Waals surface area contributed by atoms with E-state index in [1.807, 2.05) is 6.07 Å². The number of carbonyl (C=O) groups is 2. The molecule has 1 N–H and O–H groups in total. The number of benzene rings is 1. The number of fused-ring (bicyclic) bond motifs is 1. The molecule has 3 amide bonds. The van der Waals surface area contributed by atoms with Gasteiger partial charge in [-0.15, -0.1) is 0 Å². The van der Waals surface area contributed by atoms with Gasteiger partial charge in [-0.25, -0.2) is 9.59 Å². The number of hydrogen-bond donors (Lipinski definition) is 1. The SMILES string of the molecule is CN1C[C@]2(CCN(C(=O)Nc3ccc(Cl)c4ncccc34)C2)OC1=O. The number of likely N-dealkylation sites (tertiary alicyclic amines) is 1. The van der Waals surface area contributed by atoms with Crippen LogP contribution in [0.5, 0.6) is 0 Å². The Balaban J connectivity index is 1.52. The molecule has 1 atom stereocenters. The Hall–Kier alpha value is -2.54. The Morgan fingerprint density at radius 2 is 2.20 bits per heavy atom. The third-order valence-electron chi connectivity index (χ3n) is 4.71. The predicted octanol–water partition coefficient (Wildman–Crippen LogP) is 2.95. The Kier molecular flexibility index (Phi) is 3.68. The average molecular weight is 361 g/mol. The molecule has 25 heavy (non-hydrogen) atoms. The fraction of sp³-hybridized carbons (Fsp3) is 0.353. The highest BCUT2D eigenvalue weighted by atomic mass is 35.5. The van der Waals surface area contributed by atoms with E-state index >= 15 is 0 Å². The zero-order chi connectivity index (χ0) is 17.6. The van der Waals surface area contributed by atoms with Crippen LogP contribution in [0.15, 0.2) is 30.5 Å². The van der Waals surface area contributed by atoms with Gasteiger partial charge in [-0.1, -0.05) is 11.6 Å².